The number of nitrogens with two attached hydrogens (primary N) is 1. The minimum atomic E-state index is -0.949. The van der Waals surface area contributed by atoms with E-state index in [2.05, 4.69) is 0 Å². The Morgan fingerprint density at radius 2 is 2.24 bits per heavy atom. The molecule has 1 aliphatic rings. The van der Waals surface area contributed by atoms with Crippen molar-refractivity contribution in [1.82, 2.24) is 4.90 Å². The molecule has 0 saturated carbocycles. The number of carboxylic acid groups (broad SMARTS) is 1. The first kappa shape index (κ1) is 14.1. The van der Waals surface area contributed by atoms with E-state index in [-0.39, 0.29) is 23.7 Å². The molecule has 1 rings (SSSR count). The van der Waals surface area contributed by atoms with E-state index in [1.807, 2.05) is 13.8 Å². The average molecular weight is 258 g/mol. The monoisotopic (exact) mass is 258 g/mol. The fourth-order valence-electron chi connectivity index (χ4n) is 1.77. The predicted molar refractivity (Wildman–Crippen MR) is 67.5 cm³/mol. The summed E-state index contributed by atoms with van der Waals surface area (Å²) in [7, 11) is 0. The number of carboxylic acids is 1. The van der Waals surface area contributed by atoms with E-state index in [0.717, 1.165) is 0 Å². The van der Waals surface area contributed by atoms with E-state index in [1.165, 1.54) is 22.7 Å². The van der Waals surface area contributed by atoms with Gasteiger partial charge in [-0.15, -0.1) is 11.8 Å². The van der Waals surface area contributed by atoms with Crippen LogP contribution in [0.4, 0.5) is 0 Å². The van der Waals surface area contributed by atoms with E-state index < -0.39 is 12.0 Å². The van der Waals surface area contributed by atoms with Crippen molar-refractivity contribution in [2.75, 3.05) is 12.3 Å². The SMILES string of the molecule is CC(C)C1SCC(C(=O)O)N1C(=O)/C=C/CN. The Morgan fingerprint density at radius 3 is 2.71 bits per heavy atom. The number of aliphatic carboxylic acids is 1. The molecule has 1 aliphatic heterocycles. The third kappa shape index (κ3) is 3.23. The Balaban J connectivity index is 2.89. The van der Waals surface area contributed by atoms with Crippen LogP contribution in [-0.2, 0) is 9.59 Å². The quantitative estimate of drug-likeness (QED) is 0.718. The minimum Gasteiger partial charge on any atom is -0.480 e. The van der Waals surface area contributed by atoms with Crippen LogP contribution in [0.3, 0.4) is 0 Å². The molecule has 1 heterocycles. The van der Waals surface area contributed by atoms with Crippen LogP contribution in [-0.4, -0.2) is 45.6 Å². The number of amides is 1. The van der Waals surface area contributed by atoms with E-state index in [0.29, 0.717) is 5.75 Å². The van der Waals surface area contributed by atoms with Crippen molar-refractivity contribution in [2.24, 2.45) is 11.7 Å². The molecular weight excluding hydrogens is 240 g/mol. The smallest absolute Gasteiger partial charge is 0.327 e. The maximum Gasteiger partial charge on any atom is 0.327 e. The summed E-state index contributed by atoms with van der Waals surface area (Å²) in [6.07, 6.45) is 2.90. The zero-order chi connectivity index (χ0) is 13.0. The highest BCUT2D eigenvalue weighted by atomic mass is 32.2. The van der Waals surface area contributed by atoms with Crippen molar-refractivity contribution in [1.29, 1.82) is 0 Å². The first-order valence-corrected chi connectivity index (χ1v) is 6.57. The molecule has 6 heteroatoms. The Hall–Kier alpha value is -1.01. The van der Waals surface area contributed by atoms with Gasteiger partial charge in [-0.1, -0.05) is 19.9 Å². The number of carbonyl (C=O) groups is 2. The van der Waals surface area contributed by atoms with Gasteiger partial charge in [-0.25, -0.2) is 4.79 Å². The van der Waals surface area contributed by atoms with Crippen molar-refractivity contribution in [3.05, 3.63) is 12.2 Å². The van der Waals surface area contributed by atoms with Gasteiger partial charge in [0.05, 0.1) is 5.37 Å². The molecule has 1 fully saturated rings. The summed E-state index contributed by atoms with van der Waals surface area (Å²) in [5, 5.41) is 9.02. The molecule has 2 atom stereocenters. The van der Waals surface area contributed by atoms with Crippen molar-refractivity contribution >= 4 is 23.6 Å². The predicted octanol–water partition coefficient (Wildman–Crippen LogP) is 0.512. The van der Waals surface area contributed by atoms with Gasteiger partial charge in [0.15, 0.2) is 0 Å². The molecule has 1 amide bonds. The van der Waals surface area contributed by atoms with Crippen LogP contribution in [0.2, 0.25) is 0 Å². The molecule has 0 aliphatic carbocycles. The molecule has 0 radical (unpaired) electrons. The number of nitrogens with zero attached hydrogens (tertiary/aromatic N) is 1. The van der Waals surface area contributed by atoms with Gasteiger partial charge in [-0.2, -0.15) is 0 Å². The van der Waals surface area contributed by atoms with Crippen LogP contribution in [0, 0.1) is 5.92 Å². The van der Waals surface area contributed by atoms with Gasteiger partial charge in [-0.3, -0.25) is 4.79 Å². The molecule has 0 bridgehead atoms. The maximum absolute atomic E-state index is 11.9. The van der Waals surface area contributed by atoms with Crippen LogP contribution < -0.4 is 5.73 Å². The highest BCUT2D eigenvalue weighted by Gasteiger charge is 2.41. The first-order chi connectivity index (χ1) is 7.99. The van der Waals surface area contributed by atoms with E-state index in [4.69, 9.17) is 10.8 Å². The molecule has 0 spiro atoms. The Kier molecular flexibility index (Phi) is 5.02. The normalized spacial score (nSPS) is 24.8. The third-order valence-corrected chi connectivity index (χ3v) is 4.16. The van der Waals surface area contributed by atoms with Gasteiger partial charge in [0.2, 0.25) is 5.91 Å². The van der Waals surface area contributed by atoms with Crippen LogP contribution in [0.15, 0.2) is 12.2 Å². The van der Waals surface area contributed by atoms with Gasteiger partial charge in [0.25, 0.3) is 0 Å². The lowest BCUT2D eigenvalue weighted by molar-refractivity contribution is -0.147. The number of hydrogen-bond acceptors (Lipinski definition) is 4. The molecule has 0 aromatic rings. The highest BCUT2D eigenvalue weighted by Crippen LogP contribution is 2.34. The zero-order valence-electron chi connectivity index (χ0n) is 10.00. The van der Waals surface area contributed by atoms with Gasteiger partial charge in [0.1, 0.15) is 6.04 Å². The molecule has 3 N–H and O–H groups in total. The molecule has 2 unspecified atom stereocenters. The Morgan fingerprint density at radius 1 is 1.59 bits per heavy atom. The van der Waals surface area contributed by atoms with Crippen LogP contribution in [0.25, 0.3) is 0 Å². The summed E-state index contributed by atoms with van der Waals surface area (Å²) in [4.78, 5) is 24.5. The summed E-state index contributed by atoms with van der Waals surface area (Å²) in [5.41, 5.74) is 5.29. The minimum absolute atomic E-state index is 0.0778. The standard InChI is InChI=1S/C11H18N2O3S/c1-7(2)10-13(9(14)4-3-5-12)8(6-17-10)11(15)16/h3-4,7-8,10H,5-6,12H2,1-2H3,(H,15,16)/b4-3+. The van der Waals surface area contributed by atoms with Crippen molar-refractivity contribution in [2.45, 2.75) is 25.3 Å². The molecule has 96 valence electrons. The molecular formula is C11H18N2O3S. The van der Waals surface area contributed by atoms with Crippen LogP contribution >= 0.6 is 11.8 Å². The topological polar surface area (TPSA) is 83.6 Å². The van der Waals surface area contributed by atoms with Crippen molar-refractivity contribution in [3.63, 3.8) is 0 Å². The molecule has 0 aromatic carbocycles. The fraction of sp³-hybridized carbons (Fsp3) is 0.636. The van der Waals surface area contributed by atoms with Crippen LogP contribution in [0.1, 0.15) is 13.8 Å². The third-order valence-electron chi connectivity index (χ3n) is 2.54. The summed E-state index contributed by atoms with van der Waals surface area (Å²) < 4.78 is 0. The first-order valence-electron chi connectivity index (χ1n) is 5.52. The van der Waals surface area contributed by atoms with Gasteiger partial charge in [-0.05, 0) is 5.92 Å². The summed E-state index contributed by atoms with van der Waals surface area (Å²) in [6.45, 7) is 4.24. The summed E-state index contributed by atoms with van der Waals surface area (Å²) in [5.74, 6) is -0.554. The zero-order valence-corrected chi connectivity index (χ0v) is 10.8. The van der Waals surface area contributed by atoms with Crippen molar-refractivity contribution < 1.29 is 14.7 Å². The second-order valence-corrected chi connectivity index (χ2v) is 5.36. The van der Waals surface area contributed by atoms with Crippen molar-refractivity contribution in [3.8, 4) is 0 Å². The maximum atomic E-state index is 11.9. The van der Waals surface area contributed by atoms with E-state index in [1.54, 1.807) is 6.08 Å². The number of carbonyl (C=O) groups excluding carboxylic acids is 1. The second-order valence-electron chi connectivity index (χ2n) is 4.21. The van der Waals surface area contributed by atoms with E-state index in [9.17, 15) is 9.59 Å². The van der Waals surface area contributed by atoms with Crippen LogP contribution in [0.5, 0.6) is 0 Å². The summed E-state index contributed by atoms with van der Waals surface area (Å²) >= 11 is 1.52. The lowest BCUT2D eigenvalue weighted by Gasteiger charge is -2.28. The number of thioether (sulfide) groups is 1. The molecule has 17 heavy (non-hydrogen) atoms. The largest absolute Gasteiger partial charge is 0.480 e. The second kappa shape index (κ2) is 6.07. The van der Waals surface area contributed by atoms with Gasteiger partial charge >= 0.3 is 5.97 Å². The van der Waals surface area contributed by atoms with Gasteiger partial charge in [0, 0.05) is 18.4 Å². The lowest BCUT2D eigenvalue weighted by atomic mass is 10.1. The molecule has 1 saturated heterocycles. The number of hydrogen-bond donors (Lipinski definition) is 2. The fourth-order valence-corrected chi connectivity index (χ4v) is 3.24. The molecule has 0 aromatic heterocycles. The Labute approximate surface area is 105 Å². The lowest BCUT2D eigenvalue weighted by Crippen LogP contribution is -2.46. The van der Waals surface area contributed by atoms with E-state index >= 15 is 0 Å². The van der Waals surface area contributed by atoms with Gasteiger partial charge < -0.3 is 15.7 Å². The highest BCUT2D eigenvalue weighted by molar-refractivity contribution is 8.00. The number of rotatable bonds is 4. The summed E-state index contributed by atoms with van der Waals surface area (Å²) in [6, 6.07) is -0.734. The Bertz CT molecular complexity index is 331. The molecule has 5 nitrogen and oxygen atoms in total. The average Bonchev–Trinajstić information content (AvgIpc) is 2.70.